The number of hydrogen-bond donors (Lipinski definition) is 3. The van der Waals surface area contributed by atoms with Gasteiger partial charge in [0.25, 0.3) is 5.91 Å². The molecule has 0 aliphatic carbocycles. The molecule has 1 atom stereocenters. The number of hydrogen-bond acceptors (Lipinski definition) is 4. The van der Waals surface area contributed by atoms with Gasteiger partial charge in [-0.3, -0.25) is 24.5 Å². The van der Waals surface area contributed by atoms with Crippen LogP contribution in [-0.2, 0) is 19.8 Å². The number of carbonyl (C=O) groups excluding carboxylic acids is 4. The Hall–Kier alpha value is -3.74. The molecule has 3 rings (SSSR count). The van der Waals surface area contributed by atoms with Crippen LogP contribution in [0.1, 0.15) is 47.7 Å². The quantitative estimate of drug-likeness (QED) is 0.495. The Morgan fingerprint density at radius 1 is 1.06 bits per heavy atom. The first-order valence-electron chi connectivity index (χ1n) is 10.1. The Labute approximate surface area is 180 Å². The van der Waals surface area contributed by atoms with Gasteiger partial charge in [-0.05, 0) is 54.3 Å². The van der Waals surface area contributed by atoms with Crippen molar-refractivity contribution in [2.75, 3.05) is 12.4 Å². The maximum Gasteiger partial charge on any atom is 0.251 e. The standard InChI is InChI=1S/C24H25N3O4/c1-3-24(15-14-21(29)27-23(24)31)18-9-11-19(12-10-18)26-20(28)13-6-16-4-7-17(8-5-16)22(30)25-2/h4-13H,3,14-15H2,1-2H3,(H,25,30)(H,26,28)(H,27,29,31)/b13-6+. The third-order valence-electron chi connectivity index (χ3n) is 5.60. The molecular formula is C24H25N3O4. The minimum absolute atomic E-state index is 0.168. The first-order chi connectivity index (χ1) is 14.9. The van der Waals surface area contributed by atoms with Crippen LogP contribution >= 0.6 is 0 Å². The normalized spacial score (nSPS) is 18.5. The molecule has 2 aromatic carbocycles. The van der Waals surface area contributed by atoms with Crippen LogP contribution in [-0.4, -0.2) is 30.7 Å². The molecule has 3 N–H and O–H groups in total. The third-order valence-corrected chi connectivity index (χ3v) is 5.60. The maximum absolute atomic E-state index is 12.5. The molecule has 7 heteroatoms. The molecule has 4 amide bonds. The van der Waals surface area contributed by atoms with Crippen molar-refractivity contribution in [1.82, 2.24) is 10.6 Å². The molecule has 2 aromatic rings. The number of amides is 4. The molecule has 7 nitrogen and oxygen atoms in total. The van der Waals surface area contributed by atoms with Crippen molar-refractivity contribution < 1.29 is 19.2 Å². The van der Waals surface area contributed by atoms with E-state index in [0.29, 0.717) is 30.5 Å². The summed E-state index contributed by atoms with van der Waals surface area (Å²) in [5.41, 5.74) is 2.04. The molecule has 0 bridgehead atoms. The monoisotopic (exact) mass is 419 g/mol. The van der Waals surface area contributed by atoms with Crippen LogP contribution in [0.2, 0.25) is 0 Å². The third kappa shape index (κ3) is 4.88. The molecule has 0 radical (unpaired) electrons. The van der Waals surface area contributed by atoms with Gasteiger partial charge in [0.2, 0.25) is 17.7 Å². The van der Waals surface area contributed by atoms with Crippen molar-refractivity contribution in [2.45, 2.75) is 31.6 Å². The number of benzene rings is 2. The molecule has 1 aliphatic heterocycles. The Balaban J connectivity index is 1.65. The molecule has 160 valence electrons. The molecule has 1 unspecified atom stereocenters. The summed E-state index contributed by atoms with van der Waals surface area (Å²) in [6.07, 6.45) is 4.44. The zero-order valence-corrected chi connectivity index (χ0v) is 17.5. The Bertz CT molecular complexity index is 1030. The van der Waals surface area contributed by atoms with Crippen molar-refractivity contribution in [2.24, 2.45) is 0 Å². The molecule has 1 fully saturated rings. The summed E-state index contributed by atoms with van der Waals surface area (Å²) in [5.74, 6) is -0.977. The van der Waals surface area contributed by atoms with E-state index in [1.807, 2.05) is 19.1 Å². The van der Waals surface area contributed by atoms with E-state index in [1.54, 1.807) is 49.5 Å². The van der Waals surface area contributed by atoms with E-state index >= 15 is 0 Å². The molecule has 1 heterocycles. The zero-order valence-electron chi connectivity index (χ0n) is 17.5. The van der Waals surface area contributed by atoms with Gasteiger partial charge in [-0.15, -0.1) is 0 Å². The number of carbonyl (C=O) groups is 4. The van der Waals surface area contributed by atoms with Crippen LogP contribution in [0, 0.1) is 0 Å². The Morgan fingerprint density at radius 2 is 1.74 bits per heavy atom. The number of anilines is 1. The Morgan fingerprint density at radius 3 is 2.32 bits per heavy atom. The second-order valence-electron chi connectivity index (χ2n) is 7.41. The summed E-state index contributed by atoms with van der Waals surface area (Å²) in [7, 11) is 1.57. The summed E-state index contributed by atoms with van der Waals surface area (Å²) >= 11 is 0. The highest BCUT2D eigenvalue weighted by Gasteiger charge is 2.42. The highest BCUT2D eigenvalue weighted by molar-refractivity contribution is 6.04. The SMILES string of the molecule is CCC1(c2ccc(NC(=O)/C=C/c3ccc(C(=O)NC)cc3)cc2)CCC(=O)NC1=O. The van der Waals surface area contributed by atoms with Crippen molar-refractivity contribution >= 4 is 35.4 Å². The average molecular weight is 419 g/mol. The van der Waals surface area contributed by atoms with Crippen molar-refractivity contribution in [3.05, 3.63) is 71.3 Å². The van der Waals surface area contributed by atoms with E-state index in [2.05, 4.69) is 16.0 Å². The molecule has 0 aromatic heterocycles. The lowest BCUT2D eigenvalue weighted by molar-refractivity contribution is -0.138. The van der Waals surface area contributed by atoms with Crippen LogP contribution in [0.4, 0.5) is 5.69 Å². The highest BCUT2D eigenvalue weighted by atomic mass is 16.2. The zero-order chi connectivity index (χ0) is 22.4. The van der Waals surface area contributed by atoms with Crippen molar-refractivity contribution in [3.8, 4) is 0 Å². The van der Waals surface area contributed by atoms with E-state index < -0.39 is 5.41 Å². The van der Waals surface area contributed by atoms with Crippen LogP contribution in [0.3, 0.4) is 0 Å². The lowest BCUT2D eigenvalue weighted by atomic mass is 9.72. The maximum atomic E-state index is 12.5. The van der Waals surface area contributed by atoms with Gasteiger partial charge >= 0.3 is 0 Å². The van der Waals surface area contributed by atoms with Gasteiger partial charge in [-0.1, -0.05) is 31.2 Å². The van der Waals surface area contributed by atoms with Crippen LogP contribution in [0.15, 0.2) is 54.6 Å². The summed E-state index contributed by atoms with van der Waals surface area (Å²) in [6, 6.07) is 14.0. The number of rotatable bonds is 6. The average Bonchev–Trinajstić information content (AvgIpc) is 2.78. The first kappa shape index (κ1) is 22.0. The van der Waals surface area contributed by atoms with Gasteiger partial charge in [-0.2, -0.15) is 0 Å². The number of piperidine rings is 1. The van der Waals surface area contributed by atoms with Crippen LogP contribution in [0.25, 0.3) is 6.08 Å². The van der Waals surface area contributed by atoms with E-state index in [1.165, 1.54) is 6.08 Å². The lowest BCUT2D eigenvalue weighted by Crippen LogP contribution is -2.51. The molecule has 1 aliphatic rings. The van der Waals surface area contributed by atoms with Crippen molar-refractivity contribution in [3.63, 3.8) is 0 Å². The smallest absolute Gasteiger partial charge is 0.251 e. The summed E-state index contributed by atoms with van der Waals surface area (Å²) < 4.78 is 0. The summed E-state index contributed by atoms with van der Waals surface area (Å²) in [4.78, 5) is 47.8. The van der Waals surface area contributed by atoms with Gasteiger partial charge in [0, 0.05) is 30.8 Å². The van der Waals surface area contributed by atoms with E-state index in [-0.39, 0.29) is 23.6 Å². The fourth-order valence-corrected chi connectivity index (χ4v) is 3.68. The van der Waals surface area contributed by atoms with Crippen LogP contribution < -0.4 is 16.0 Å². The second kappa shape index (κ2) is 9.38. The van der Waals surface area contributed by atoms with Gasteiger partial charge < -0.3 is 10.6 Å². The van der Waals surface area contributed by atoms with Gasteiger partial charge in [0.15, 0.2) is 0 Å². The molecule has 0 saturated carbocycles. The topological polar surface area (TPSA) is 104 Å². The van der Waals surface area contributed by atoms with Crippen LogP contribution in [0.5, 0.6) is 0 Å². The summed E-state index contributed by atoms with van der Waals surface area (Å²) in [6.45, 7) is 1.93. The molecular weight excluding hydrogens is 394 g/mol. The van der Waals surface area contributed by atoms with Gasteiger partial charge in [0.1, 0.15) is 0 Å². The minimum atomic E-state index is -0.725. The van der Waals surface area contributed by atoms with E-state index in [9.17, 15) is 19.2 Å². The van der Waals surface area contributed by atoms with Gasteiger partial charge in [0.05, 0.1) is 5.41 Å². The largest absolute Gasteiger partial charge is 0.355 e. The van der Waals surface area contributed by atoms with E-state index in [4.69, 9.17) is 0 Å². The Kier molecular flexibility index (Phi) is 6.65. The first-order valence-corrected chi connectivity index (χ1v) is 10.1. The number of nitrogens with one attached hydrogen (secondary N) is 3. The minimum Gasteiger partial charge on any atom is -0.355 e. The second-order valence-corrected chi connectivity index (χ2v) is 7.41. The predicted octanol–water partition coefficient (Wildman–Crippen LogP) is 2.78. The number of imide groups is 1. The molecule has 1 saturated heterocycles. The summed E-state index contributed by atoms with van der Waals surface area (Å²) in [5, 5.41) is 7.77. The highest BCUT2D eigenvalue weighted by Crippen LogP contribution is 2.36. The lowest BCUT2D eigenvalue weighted by Gasteiger charge is -2.35. The van der Waals surface area contributed by atoms with Gasteiger partial charge in [-0.25, -0.2) is 0 Å². The molecule has 31 heavy (non-hydrogen) atoms. The molecule has 0 spiro atoms. The fourth-order valence-electron chi connectivity index (χ4n) is 3.68. The van der Waals surface area contributed by atoms with Crippen molar-refractivity contribution in [1.29, 1.82) is 0 Å². The predicted molar refractivity (Wildman–Crippen MR) is 118 cm³/mol. The fraction of sp³-hybridized carbons (Fsp3) is 0.250. The van der Waals surface area contributed by atoms with E-state index in [0.717, 1.165) is 11.1 Å².